The second-order valence-electron chi connectivity index (χ2n) is 8.70. The third kappa shape index (κ3) is 2.69. The molecule has 156 valence electrons. The van der Waals surface area contributed by atoms with Crippen molar-refractivity contribution < 1.29 is 14.4 Å². The molecule has 0 N–H and O–H groups in total. The number of anilines is 1. The molecule has 2 fully saturated rings. The van der Waals surface area contributed by atoms with Crippen molar-refractivity contribution >= 4 is 40.5 Å². The number of carbonyl (C=O) groups excluding carboxylic acids is 3. The molecule has 0 spiro atoms. The summed E-state index contributed by atoms with van der Waals surface area (Å²) in [5.74, 6) is -0.218. The number of hydrazone groups is 1. The van der Waals surface area contributed by atoms with E-state index in [1.165, 1.54) is 11.8 Å². The van der Waals surface area contributed by atoms with Crippen LogP contribution in [0, 0.1) is 23.7 Å². The van der Waals surface area contributed by atoms with Gasteiger partial charge in [0, 0.05) is 18.2 Å². The Kier molecular flexibility index (Phi) is 4.05. The first-order valence-corrected chi connectivity index (χ1v) is 11.5. The normalized spacial score (nSPS) is 31.0. The molecule has 31 heavy (non-hydrogen) atoms. The van der Waals surface area contributed by atoms with Crippen LogP contribution >= 0.6 is 11.3 Å². The molecule has 2 bridgehead atoms. The maximum absolute atomic E-state index is 13.0. The number of carbonyl (C=O) groups is 3. The molecule has 3 amide bonds. The standard InChI is InChI=1S/C24H21N3O3S/c1-13(28)27-19(20-3-2-10-31-20)12-18(25-27)14-6-8-17(9-7-14)26-23(29)21-15-4-5-16(11-15)22(21)24(26)30/h2-10,15-16,19,21-22H,11-12H2,1H3/t15-,16+,19?,21-,22+. The molecule has 1 saturated carbocycles. The van der Waals surface area contributed by atoms with E-state index in [1.807, 2.05) is 41.8 Å². The largest absolute Gasteiger partial charge is 0.274 e. The average Bonchev–Trinajstić information content (AvgIpc) is 3.57. The van der Waals surface area contributed by atoms with Crippen LogP contribution in [0.1, 0.15) is 36.2 Å². The molecule has 5 atom stereocenters. The summed E-state index contributed by atoms with van der Waals surface area (Å²) < 4.78 is 0. The number of imide groups is 1. The van der Waals surface area contributed by atoms with E-state index in [-0.39, 0.29) is 47.4 Å². The number of amides is 3. The van der Waals surface area contributed by atoms with Gasteiger partial charge in [0.05, 0.1) is 29.3 Å². The van der Waals surface area contributed by atoms with Crippen molar-refractivity contribution in [1.29, 1.82) is 0 Å². The number of fused-ring (bicyclic) bond motifs is 5. The van der Waals surface area contributed by atoms with Gasteiger partial charge in [0.1, 0.15) is 0 Å². The number of hydrogen-bond donors (Lipinski definition) is 0. The quantitative estimate of drug-likeness (QED) is 0.549. The Bertz CT molecular complexity index is 1120. The third-order valence-corrected chi connectivity index (χ3v) is 8.01. The summed E-state index contributed by atoms with van der Waals surface area (Å²) in [7, 11) is 0. The molecule has 1 aromatic carbocycles. The summed E-state index contributed by atoms with van der Waals surface area (Å²) in [5, 5.41) is 8.13. The van der Waals surface area contributed by atoms with Gasteiger partial charge < -0.3 is 0 Å². The van der Waals surface area contributed by atoms with E-state index < -0.39 is 0 Å². The van der Waals surface area contributed by atoms with Crippen LogP contribution < -0.4 is 4.90 Å². The van der Waals surface area contributed by atoms with Gasteiger partial charge in [-0.2, -0.15) is 5.10 Å². The van der Waals surface area contributed by atoms with Crippen LogP contribution in [0.15, 0.2) is 59.0 Å². The fraction of sp³-hybridized carbons (Fsp3) is 0.333. The zero-order chi connectivity index (χ0) is 21.3. The molecule has 3 heterocycles. The van der Waals surface area contributed by atoms with E-state index >= 15 is 0 Å². The average molecular weight is 432 g/mol. The lowest BCUT2D eigenvalue weighted by Crippen LogP contribution is -2.32. The highest BCUT2D eigenvalue weighted by atomic mass is 32.1. The summed E-state index contributed by atoms with van der Waals surface area (Å²) in [6.45, 7) is 1.53. The Morgan fingerprint density at radius 1 is 1.03 bits per heavy atom. The Labute approximate surface area is 183 Å². The Morgan fingerprint density at radius 2 is 1.71 bits per heavy atom. The van der Waals surface area contributed by atoms with Crippen LogP contribution in [0.2, 0.25) is 0 Å². The van der Waals surface area contributed by atoms with Gasteiger partial charge in [-0.25, -0.2) is 5.01 Å². The lowest BCUT2D eigenvalue weighted by Gasteiger charge is -2.18. The third-order valence-electron chi connectivity index (χ3n) is 7.03. The van der Waals surface area contributed by atoms with Gasteiger partial charge in [0.2, 0.25) is 17.7 Å². The first-order chi connectivity index (χ1) is 15.0. The van der Waals surface area contributed by atoms with Gasteiger partial charge in [0.25, 0.3) is 0 Å². The smallest absolute Gasteiger partial charge is 0.240 e. The predicted molar refractivity (Wildman–Crippen MR) is 117 cm³/mol. The SMILES string of the molecule is CC(=O)N1N=C(c2ccc(N3C(=O)[C@@H]4[C@H](C3=O)[C@@H]3C=C[C@H]4C3)cc2)CC1c1cccs1. The minimum atomic E-state index is -0.197. The van der Waals surface area contributed by atoms with Crippen molar-refractivity contribution in [3.8, 4) is 0 Å². The molecule has 2 aliphatic carbocycles. The molecule has 0 radical (unpaired) electrons. The zero-order valence-electron chi connectivity index (χ0n) is 17.0. The highest BCUT2D eigenvalue weighted by molar-refractivity contribution is 7.10. The number of benzene rings is 1. The van der Waals surface area contributed by atoms with Crippen LogP contribution in [0.4, 0.5) is 5.69 Å². The number of hydrogen-bond acceptors (Lipinski definition) is 5. The molecule has 2 aliphatic heterocycles. The highest BCUT2D eigenvalue weighted by Gasteiger charge is 2.59. The summed E-state index contributed by atoms with van der Waals surface area (Å²) in [6.07, 6.45) is 5.77. The fourth-order valence-corrected chi connectivity index (χ4v) is 6.45. The molecule has 7 heteroatoms. The molecular formula is C24H21N3O3S. The Balaban J connectivity index is 1.26. The lowest BCUT2D eigenvalue weighted by molar-refractivity contribution is -0.130. The lowest BCUT2D eigenvalue weighted by atomic mass is 9.85. The van der Waals surface area contributed by atoms with Crippen LogP contribution in [0.25, 0.3) is 0 Å². The molecule has 1 unspecified atom stereocenters. The second kappa shape index (κ2) is 6.72. The van der Waals surface area contributed by atoms with E-state index in [0.717, 1.165) is 22.6 Å². The van der Waals surface area contributed by atoms with E-state index in [9.17, 15) is 14.4 Å². The molecule has 6 rings (SSSR count). The van der Waals surface area contributed by atoms with Crippen molar-refractivity contribution in [2.45, 2.75) is 25.8 Å². The van der Waals surface area contributed by atoms with E-state index in [2.05, 4.69) is 17.3 Å². The van der Waals surface area contributed by atoms with Crippen LogP contribution in [0.3, 0.4) is 0 Å². The van der Waals surface area contributed by atoms with Crippen molar-refractivity contribution in [2.24, 2.45) is 28.8 Å². The Hall–Kier alpha value is -3.06. The summed E-state index contributed by atoms with van der Waals surface area (Å²) in [6, 6.07) is 11.3. The first-order valence-electron chi connectivity index (χ1n) is 10.6. The van der Waals surface area contributed by atoms with Crippen molar-refractivity contribution in [3.05, 3.63) is 64.4 Å². The summed E-state index contributed by atoms with van der Waals surface area (Å²) in [4.78, 5) is 40.6. The van der Waals surface area contributed by atoms with E-state index in [1.54, 1.807) is 16.3 Å². The van der Waals surface area contributed by atoms with Crippen LogP contribution in [-0.4, -0.2) is 28.4 Å². The van der Waals surface area contributed by atoms with Crippen LogP contribution in [0.5, 0.6) is 0 Å². The van der Waals surface area contributed by atoms with Crippen LogP contribution in [-0.2, 0) is 14.4 Å². The summed E-state index contributed by atoms with van der Waals surface area (Å²) >= 11 is 1.62. The molecular weight excluding hydrogens is 410 g/mol. The number of nitrogens with zero attached hydrogens (tertiary/aromatic N) is 3. The first kappa shape index (κ1) is 18.7. The van der Waals surface area contributed by atoms with Gasteiger partial charge in [0.15, 0.2) is 0 Å². The van der Waals surface area contributed by atoms with Gasteiger partial charge in [-0.15, -0.1) is 11.3 Å². The molecule has 6 nitrogen and oxygen atoms in total. The van der Waals surface area contributed by atoms with E-state index in [0.29, 0.717) is 12.1 Å². The molecule has 1 aromatic heterocycles. The molecule has 2 aromatic rings. The molecule has 1 saturated heterocycles. The highest BCUT2D eigenvalue weighted by Crippen LogP contribution is 2.53. The predicted octanol–water partition coefficient (Wildman–Crippen LogP) is 3.76. The number of thiophene rings is 1. The van der Waals surface area contributed by atoms with E-state index in [4.69, 9.17) is 0 Å². The van der Waals surface area contributed by atoms with Gasteiger partial charge in [-0.05, 0) is 47.4 Å². The minimum absolute atomic E-state index is 0.0710. The van der Waals surface area contributed by atoms with Crippen molar-refractivity contribution in [3.63, 3.8) is 0 Å². The number of rotatable bonds is 3. The topological polar surface area (TPSA) is 70.1 Å². The maximum atomic E-state index is 13.0. The van der Waals surface area contributed by atoms with Gasteiger partial charge in [-0.3, -0.25) is 19.3 Å². The zero-order valence-corrected chi connectivity index (χ0v) is 17.8. The summed E-state index contributed by atoms with van der Waals surface area (Å²) in [5.41, 5.74) is 2.35. The fourth-order valence-electron chi connectivity index (χ4n) is 5.64. The van der Waals surface area contributed by atoms with Crippen molar-refractivity contribution in [2.75, 3.05) is 4.90 Å². The maximum Gasteiger partial charge on any atom is 0.240 e. The van der Waals surface area contributed by atoms with Gasteiger partial charge >= 0.3 is 0 Å². The van der Waals surface area contributed by atoms with Gasteiger partial charge in [-0.1, -0.05) is 30.4 Å². The number of allylic oxidation sites excluding steroid dienone is 2. The monoisotopic (exact) mass is 431 g/mol. The molecule has 4 aliphatic rings. The Morgan fingerprint density at radius 3 is 2.29 bits per heavy atom. The van der Waals surface area contributed by atoms with Crippen molar-refractivity contribution in [1.82, 2.24) is 5.01 Å². The second-order valence-corrected chi connectivity index (χ2v) is 9.68. The minimum Gasteiger partial charge on any atom is -0.274 e.